The highest BCUT2D eigenvalue weighted by Gasteiger charge is 2.16. The van der Waals surface area contributed by atoms with Gasteiger partial charge in [0, 0.05) is 37.6 Å². The maximum absolute atomic E-state index is 13.3. The van der Waals surface area contributed by atoms with Gasteiger partial charge in [0.15, 0.2) is 9.84 Å². The van der Waals surface area contributed by atoms with Crippen LogP contribution in [0.25, 0.3) is 5.82 Å². The summed E-state index contributed by atoms with van der Waals surface area (Å²) in [4.78, 5) is 1.86. The number of aromatic nitrogens is 2. The predicted octanol–water partition coefficient (Wildman–Crippen LogP) is 4.17. The van der Waals surface area contributed by atoms with E-state index in [2.05, 4.69) is 10.4 Å². The zero-order chi connectivity index (χ0) is 22.6. The fourth-order valence-electron chi connectivity index (χ4n) is 2.60. The molecule has 0 unspecified atom stereocenters. The smallest absolute Gasteiger partial charge is 0.265 e. The summed E-state index contributed by atoms with van der Waals surface area (Å²) >= 11 is 0. The van der Waals surface area contributed by atoms with Gasteiger partial charge in [0.05, 0.1) is 12.4 Å². The minimum atomic E-state index is -3.38. The summed E-state index contributed by atoms with van der Waals surface area (Å²) in [5, 5.41) is 7.07. The molecule has 1 aromatic heterocycles. The molecule has 0 saturated carbocycles. The van der Waals surface area contributed by atoms with Gasteiger partial charge in [-0.2, -0.15) is 5.10 Å². The number of alkyl halides is 2. The number of nitrogens with one attached hydrogen (secondary N) is 1. The first kappa shape index (κ1) is 23.5. The lowest BCUT2D eigenvalue weighted by Gasteiger charge is -2.19. The molecule has 2 rings (SSSR count). The van der Waals surface area contributed by atoms with E-state index in [1.807, 2.05) is 6.92 Å². The van der Waals surface area contributed by atoms with Gasteiger partial charge in [-0.3, -0.25) is 0 Å². The van der Waals surface area contributed by atoms with Gasteiger partial charge in [0.2, 0.25) is 0 Å². The number of hydrogen-bond donors (Lipinski definition) is 1. The highest BCUT2D eigenvalue weighted by atomic mass is 32.2. The Morgan fingerprint density at radius 2 is 1.93 bits per heavy atom. The van der Waals surface area contributed by atoms with E-state index in [1.165, 1.54) is 23.1 Å². The number of anilines is 1. The van der Waals surface area contributed by atoms with Crippen LogP contribution in [0.3, 0.4) is 0 Å². The Bertz CT molecular complexity index is 1060. The van der Waals surface area contributed by atoms with Gasteiger partial charge in [-0.1, -0.05) is 11.6 Å². The van der Waals surface area contributed by atoms with Crippen molar-refractivity contribution in [3.63, 3.8) is 0 Å². The van der Waals surface area contributed by atoms with Crippen LogP contribution in [-0.4, -0.2) is 49.5 Å². The summed E-state index contributed by atoms with van der Waals surface area (Å²) in [6, 6.07) is 2.91. The number of hydrogen-bond acceptors (Lipinski definition) is 5. The van der Waals surface area contributed by atoms with Crippen molar-refractivity contribution < 1.29 is 21.6 Å². The predicted molar refractivity (Wildman–Crippen MR) is 111 cm³/mol. The zero-order valence-corrected chi connectivity index (χ0v) is 18.2. The van der Waals surface area contributed by atoms with Crippen LogP contribution in [0.4, 0.5) is 18.9 Å². The standard InChI is InChI=1S/C20H25F3N4O2S/c1-13(14(2)25-18-8-7-15(21)10-17(18)20(22)23)6-9-19(26(3)4)27-12-16(11-24-27)30(5,28)29/h6-12,14,20,25H,1-5H3/b13-6-,19-9+/t14-/m1/s1. The molecule has 0 fully saturated rings. The Labute approximate surface area is 174 Å². The molecule has 0 saturated heterocycles. The highest BCUT2D eigenvalue weighted by molar-refractivity contribution is 7.90. The van der Waals surface area contributed by atoms with Gasteiger partial charge in [-0.25, -0.2) is 26.3 Å². The lowest BCUT2D eigenvalue weighted by atomic mass is 10.1. The van der Waals surface area contributed by atoms with Crippen molar-refractivity contribution in [3.8, 4) is 0 Å². The summed E-state index contributed by atoms with van der Waals surface area (Å²) in [6.45, 7) is 3.61. The molecule has 1 heterocycles. The minimum absolute atomic E-state index is 0.0989. The molecule has 0 aliphatic heterocycles. The maximum atomic E-state index is 13.3. The number of nitrogens with zero attached hydrogens (tertiary/aromatic N) is 3. The van der Waals surface area contributed by atoms with Crippen molar-refractivity contribution in [2.24, 2.45) is 0 Å². The Kier molecular flexibility index (Phi) is 7.35. The van der Waals surface area contributed by atoms with Crippen LogP contribution < -0.4 is 5.32 Å². The molecular weight excluding hydrogens is 417 g/mol. The molecule has 0 amide bonds. The Hall–Kier alpha value is -2.75. The van der Waals surface area contributed by atoms with Crippen LogP contribution in [-0.2, 0) is 9.84 Å². The molecule has 1 aromatic carbocycles. The third-order valence-corrected chi connectivity index (χ3v) is 5.55. The molecule has 0 radical (unpaired) electrons. The van der Waals surface area contributed by atoms with Crippen LogP contribution in [0.2, 0.25) is 0 Å². The van der Waals surface area contributed by atoms with E-state index in [0.717, 1.165) is 24.0 Å². The first-order chi connectivity index (χ1) is 13.9. The number of rotatable bonds is 8. The van der Waals surface area contributed by atoms with Gasteiger partial charge in [0.25, 0.3) is 6.43 Å². The van der Waals surface area contributed by atoms with Crippen molar-refractivity contribution in [1.82, 2.24) is 14.7 Å². The molecular formula is C20H25F3N4O2S. The average molecular weight is 443 g/mol. The Balaban J connectivity index is 2.28. The number of benzene rings is 1. The van der Waals surface area contributed by atoms with E-state index >= 15 is 0 Å². The molecule has 0 aliphatic carbocycles. The van der Waals surface area contributed by atoms with Crippen LogP contribution in [0.15, 0.2) is 53.2 Å². The topological polar surface area (TPSA) is 67.2 Å². The molecule has 1 N–H and O–H groups in total. The van der Waals surface area contributed by atoms with E-state index in [0.29, 0.717) is 5.82 Å². The first-order valence-electron chi connectivity index (χ1n) is 9.05. The molecule has 164 valence electrons. The summed E-state index contributed by atoms with van der Waals surface area (Å²) < 4.78 is 64.5. The maximum Gasteiger partial charge on any atom is 0.265 e. The number of allylic oxidation sites excluding steroid dienone is 2. The van der Waals surface area contributed by atoms with E-state index in [1.54, 1.807) is 38.1 Å². The molecule has 2 aromatic rings. The van der Waals surface area contributed by atoms with Gasteiger partial charge in [0.1, 0.15) is 16.5 Å². The summed E-state index contributed by atoms with van der Waals surface area (Å²) in [5.74, 6) is -0.117. The van der Waals surface area contributed by atoms with Crippen LogP contribution in [0, 0.1) is 5.82 Å². The van der Waals surface area contributed by atoms with E-state index in [-0.39, 0.29) is 16.6 Å². The molecule has 30 heavy (non-hydrogen) atoms. The average Bonchev–Trinajstić information content (AvgIpc) is 3.12. The van der Waals surface area contributed by atoms with Crippen molar-refractivity contribution in [2.75, 3.05) is 25.7 Å². The van der Waals surface area contributed by atoms with Gasteiger partial charge >= 0.3 is 0 Å². The second-order valence-electron chi connectivity index (χ2n) is 7.12. The summed E-state index contributed by atoms with van der Waals surface area (Å²) in [6.07, 6.45) is 4.51. The molecule has 1 atom stereocenters. The van der Waals surface area contributed by atoms with Crippen LogP contribution in [0.5, 0.6) is 0 Å². The van der Waals surface area contributed by atoms with Crippen molar-refractivity contribution in [3.05, 3.63) is 59.7 Å². The minimum Gasteiger partial charge on any atom is -0.378 e. The second-order valence-corrected chi connectivity index (χ2v) is 9.14. The lowest BCUT2D eigenvalue weighted by Crippen LogP contribution is -2.18. The van der Waals surface area contributed by atoms with Crippen LogP contribution >= 0.6 is 0 Å². The SMILES string of the molecule is C/C(=C/C=C(\N(C)C)n1cc(S(C)(=O)=O)cn1)[C@@H](C)Nc1ccc(F)cc1C(F)F. The highest BCUT2D eigenvalue weighted by Crippen LogP contribution is 2.29. The second kappa shape index (κ2) is 9.38. The molecule has 0 bridgehead atoms. The largest absolute Gasteiger partial charge is 0.378 e. The van der Waals surface area contributed by atoms with Crippen molar-refractivity contribution in [2.45, 2.75) is 31.2 Å². The van der Waals surface area contributed by atoms with E-state index in [9.17, 15) is 21.6 Å². The van der Waals surface area contributed by atoms with Crippen LogP contribution in [0.1, 0.15) is 25.8 Å². The zero-order valence-electron chi connectivity index (χ0n) is 17.4. The molecule has 10 heteroatoms. The fraction of sp³-hybridized carbons (Fsp3) is 0.350. The fourth-order valence-corrected chi connectivity index (χ4v) is 3.13. The third kappa shape index (κ3) is 5.88. The third-order valence-electron chi connectivity index (χ3n) is 4.48. The normalized spacial score (nSPS) is 14.2. The van der Waals surface area contributed by atoms with Gasteiger partial charge in [-0.05, 0) is 38.1 Å². The Morgan fingerprint density at radius 3 is 2.47 bits per heavy atom. The van der Waals surface area contributed by atoms with E-state index < -0.39 is 27.6 Å². The lowest BCUT2D eigenvalue weighted by molar-refractivity contribution is 0.151. The van der Waals surface area contributed by atoms with Crippen molar-refractivity contribution in [1.29, 1.82) is 0 Å². The molecule has 0 aliphatic rings. The summed E-state index contributed by atoms with van der Waals surface area (Å²) in [7, 11) is 0.190. The van der Waals surface area contributed by atoms with E-state index in [4.69, 9.17) is 0 Å². The molecule has 6 nitrogen and oxygen atoms in total. The summed E-state index contributed by atoms with van der Waals surface area (Å²) in [5.41, 5.74) is 0.576. The Morgan fingerprint density at radius 1 is 1.27 bits per heavy atom. The van der Waals surface area contributed by atoms with Crippen molar-refractivity contribution >= 4 is 21.3 Å². The quantitative estimate of drug-likeness (QED) is 0.622. The first-order valence-corrected chi connectivity index (χ1v) is 10.9. The number of sulfone groups is 1. The monoisotopic (exact) mass is 442 g/mol. The molecule has 0 spiro atoms. The van der Waals surface area contributed by atoms with Gasteiger partial charge in [-0.15, -0.1) is 0 Å². The van der Waals surface area contributed by atoms with Gasteiger partial charge < -0.3 is 10.2 Å². The number of halogens is 3.